The van der Waals surface area contributed by atoms with Crippen molar-refractivity contribution in [3.8, 4) is 11.8 Å². The number of aromatic amines is 2. The SMILES string of the molecule is CCOc1ccccc1C1CC1c1[nH]c(=S)[nH]c(=O)c1C#N. The van der Waals surface area contributed by atoms with Gasteiger partial charge in [-0.2, -0.15) is 5.26 Å². The van der Waals surface area contributed by atoms with Crippen LogP contribution in [0.1, 0.15) is 42.0 Å². The van der Waals surface area contributed by atoms with Gasteiger partial charge in [0, 0.05) is 11.6 Å². The molecule has 2 aromatic rings. The number of benzene rings is 1. The van der Waals surface area contributed by atoms with Crippen LogP contribution in [0.5, 0.6) is 5.75 Å². The van der Waals surface area contributed by atoms with Gasteiger partial charge in [-0.1, -0.05) is 18.2 Å². The van der Waals surface area contributed by atoms with E-state index in [0.29, 0.717) is 12.3 Å². The molecular formula is C16H15N3O2S. The standard InChI is InChI=1S/C16H15N3O2S/c1-2-21-13-6-4-3-5-9(13)10-7-11(10)14-12(8-17)15(20)19-16(22)18-14/h3-6,10-11H,2,7H2,1H3,(H2,18,19,20,22). The summed E-state index contributed by atoms with van der Waals surface area (Å²) in [6.07, 6.45) is 0.869. The van der Waals surface area contributed by atoms with Crippen LogP contribution in [0.15, 0.2) is 29.1 Å². The quantitative estimate of drug-likeness (QED) is 0.850. The van der Waals surface area contributed by atoms with Crippen molar-refractivity contribution in [1.29, 1.82) is 5.26 Å². The van der Waals surface area contributed by atoms with Crippen molar-refractivity contribution in [2.45, 2.75) is 25.2 Å². The van der Waals surface area contributed by atoms with Gasteiger partial charge in [0.2, 0.25) is 0 Å². The normalized spacial score (nSPS) is 19.5. The molecule has 0 spiro atoms. The number of hydrogen-bond donors (Lipinski definition) is 2. The molecule has 0 saturated heterocycles. The zero-order chi connectivity index (χ0) is 15.7. The van der Waals surface area contributed by atoms with Crippen LogP contribution in [-0.4, -0.2) is 16.6 Å². The summed E-state index contributed by atoms with van der Waals surface area (Å²) in [5.74, 6) is 1.20. The number of rotatable bonds is 4. The molecule has 22 heavy (non-hydrogen) atoms. The molecule has 1 heterocycles. The highest BCUT2D eigenvalue weighted by Gasteiger charge is 2.43. The van der Waals surface area contributed by atoms with E-state index in [1.54, 1.807) is 0 Å². The number of hydrogen-bond acceptors (Lipinski definition) is 4. The van der Waals surface area contributed by atoms with Gasteiger partial charge < -0.3 is 9.72 Å². The van der Waals surface area contributed by atoms with E-state index >= 15 is 0 Å². The number of aromatic nitrogens is 2. The summed E-state index contributed by atoms with van der Waals surface area (Å²) in [4.78, 5) is 17.3. The maximum absolute atomic E-state index is 11.8. The minimum absolute atomic E-state index is 0.0975. The van der Waals surface area contributed by atoms with Gasteiger partial charge in [0.25, 0.3) is 5.56 Å². The Morgan fingerprint density at radius 2 is 2.14 bits per heavy atom. The van der Waals surface area contributed by atoms with Crippen LogP contribution in [0.2, 0.25) is 0 Å². The van der Waals surface area contributed by atoms with Crippen LogP contribution >= 0.6 is 12.2 Å². The molecule has 0 aliphatic heterocycles. The lowest BCUT2D eigenvalue weighted by Crippen LogP contribution is -2.15. The summed E-state index contributed by atoms with van der Waals surface area (Å²) in [7, 11) is 0. The molecule has 6 heteroatoms. The minimum Gasteiger partial charge on any atom is -0.494 e. The summed E-state index contributed by atoms with van der Waals surface area (Å²) in [5, 5.41) is 9.21. The van der Waals surface area contributed by atoms with Crippen molar-refractivity contribution >= 4 is 12.2 Å². The number of nitriles is 1. The molecule has 0 bridgehead atoms. The first-order valence-corrected chi connectivity index (χ1v) is 7.54. The first kappa shape index (κ1) is 14.5. The third kappa shape index (κ3) is 2.55. The molecule has 1 aromatic carbocycles. The average molecular weight is 313 g/mol. The Kier molecular flexibility index (Phi) is 3.82. The minimum atomic E-state index is -0.426. The Hall–Kier alpha value is -2.39. The van der Waals surface area contributed by atoms with Crippen molar-refractivity contribution in [2.24, 2.45) is 0 Å². The molecular weight excluding hydrogens is 298 g/mol. The van der Waals surface area contributed by atoms with Crippen molar-refractivity contribution in [3.63, 3.8) is 0 Å². The summed E-state index contributed by atoms with van der Waals surface area (Å²) < 4.78 is 5.92. The van der Waals surface area contributed by atoms with Gasteiger partial charge in [-0.25, -0.2) is 0 Å². The molecule has 1 aliphatic rings. The van der Waals surface area contributed by atoms with E-state index in [0.717, 1.165) is 17.7 Å². The van der Waals surface area contributed by atoms with E-state index in [1.807, 2.05) is 37.3 Å². The molecule has 1 fully saturated rings. The van der Waals surface area contributed by atoms with Gasteiger partial charge in [0.1, 0.15) is 17.4 Å². The second-order valence-corrected chi connectivity index (χ2v) is 5.64. The lowest BCUT2D eigenvalue weighted by atomic mass is 10.0. The van der Waals surface area contributed by atoms with Gasteiger partial charge in [-0.05, 0) is 43.1 Å². The third-order valence-corrected chi connectivity index (χ3v) is 4.07. The highest BCUT2D eigenvalue weighted by atomic mass is 32.1. The molecule has 2 N–H and O–H groups in total. The Balaban J connectivity index is 1.98. The highest BCUT2D eigenvalue weighted by Crippen LogP contribution is 2.56. The van der Waals surface area contributed by atoms with Gasteiger partial charge >= 0.3 is 0 Å². The number of para-hydroxylation sites is 1. The zero-order valence-corrected chi connectivity index (χ0v) is 12.9. The topological polar surface area (TPSA) is 81.7 Å². The van der Waals surface area contributed by atoms with Gasteiger partial charge in [0.15, 0.2) is 4.77 Å². The Morgan fingerprint density at radius 1 is 1.36 bits per heavy atom. The highest BCUT2D eigenvalue weighted by molar-refractivity contribution is 7.71. The third-order valence-electron chi connectivity index (χ3n) is 3.86. The number of nitrogens with one attached hydrogen (secondary N) is 2. The Morgan fingerprint density at radius 3 is 2.86 bits per heavy atom. The molecule has 1 saturated carbocycles. The van der Waals surface area contributed by atoms with E-state index in [9.17, 15) is 10.1 Å². The second kappa shape index (κ2) is 5.78. The fourth-order valence-electron chi connectivity index (χ4n) is 2.82. The summed E-state index contributed by atoms with van der Waals surface area (Å²) in [6, 6.07) is 9.86. The molecule has 2 unspecified atom stereocenters. The van der Waals surface area contributed by atoms with Crippen molar-refractivity contribution in [1.82, 2.24) is 9.97 Å². The molecule has 112 valence electrons. The van der Waals surface area contributed by atoms with Crippen LogP contribution in [0.25, 0.3) is 0 Å². The smallest absolute Gasteiger partial charge is 0.269 e. The number of nitrogens with zero attached hydrogens (tertiary/aromatic N) is 1. The maximum atomic E-state index is 11.8. The molecule has 2 atom stereocenters. The summed E-state index contributed by atoms with van der Waals surface area (Å²) in [6.45, 7) is 2.55. The lowest BCUT2D eigenvalue weighted by Gasteiger charge is -2.10. The van der Waals surface area contributed by atoms with Crippen molar-refractivity contribution < 1.29 is 4.74 Å². The first-order valence-electron chi connectivity index (χ1n) is 7.14. The molecule has 5 nitrogen and oxygen atoms in total. The van der Waals surface area contributed by atoms with E-state index in [1.165, 1.54) is 0 Å². The monoisotopic (exact) mass is 313 g/mol. The lowest BCUT2D eigenvalue weighted by molar-refractivity contribution is 0.336. The summed E-state index contributed by atoms with van der Waals surface area (Å²) in [5.41, 5.74) is 1.44. The molecule has 0 radical (unpaired) electrons. The number of H-pyrrole nitrogens is 2. The maximum Gasteiger partial charge on any atom is 0.269 e. The first-order chi connectivity index (χ1) is 10.7. The molecule has 1 aromatic heterocycles. The summed E-state index contributed by atoms with van der Waals surface area (Å²) >= 11 is 5.02. The predicted molar refractivity (Wildman–Crippen MR) is 84.7 cm³/mol. The Bertz CT molecular complexity index is 863. The molecule has 0 amide bonds. The number of ether oxygens (including phenoxy) is 1. The average Bonchev–Trinajstić information content (AvgIpc) is 3.28. The van der Waals surface area contributed by atoms with Gasteiger partial charge in [-0.15, -0.1) is 0 Å². The van der Waals surface area contributed by atoms with Crippen LogP contribution in [0, 0.1) is 16.1 Å². The van der Waals surface area contributed by atoms with Crippen LogP contribution < -0.4 is 10.3 Å². The van der Waals surface area contributed by atoms with Crippen LogP contribution in [0.3, 0.4) is 0 Å². The van der Waals surface area contributed by atoms with Gasteiger partial charge in [-0.3, -0.25) is 9.78 Å². The van der Waals surface area contributed by atoms with E-state index in [2.05, 4.69) is 9.97 Å². The second-order valence-electron chi connectivity index (χ2n) is 5.23. The Labute approximate surface area is 132 Å². The van der Waals surface area contributed by atoms with Crippen LogP contribution in [-0.2, 0) is 0 Å². The van der Waals surface area contributed by atoms with E-state index < -0.39 is 5.56 Å². The van der Waals surface area contributed by atoms with Gasteiger partial charge in [0.05, 0.1) is 6.61 Å². The zero-order valence-electron chi connectivity index (χ0n) is 12.1. The molecule has 3 rings (SSSR count). The van der Waals surface area contributed by atoms with Crippen LogP contribution in [0.4, 0.5) is 0 Å². The van der Waals surface area contributed by atoms with Crippen molar-refractivity contribution in [3.05, 3.63) is 56.2 Å². The largest absolute Gasteiger partial charge is 0.494 e. The fraction of sp³-hybridized carbons (Fsp3) is 0.312. The predicted octanol–water partition coefficient (Wildman–Crippen LogP) is 2.97. The molecule has 1 aliphatic carbocycles. The van der Waals surface area contributed by atoms with E-state index in [-0.39, 0.29) is 22.2 Å². The van der Waals surface area contributed by atoms with E-state index in [4.69, 9.17) is 17.0 Å². The fourth-order valence-corrected chi connectivity index (χ4v) is 3.03. The van der Waals surface area contributed by atoms with Crippen molar-refractivity contribution in [2.75, 3.05) is 6.61 Å².